The van der Waals surface area contributed by atoms with Gasteiger partial charge in [-0.1, -0.05) is 24.3 Å². The van der Waals surface area contributed by atoms with Gasteiger partial charge in [0.05, 0.1) is 19.3 Å². The van der Waals surface area contributed by atoms with Crippen LogP contribution in [-0.2, 0) is 31.5 Å². The van der Waals surface area contributed by atoms with E-state index in [0.717, 1.165) is 25.2 Å². The summed E-state index contributed by atoms with van der Waals surface area (Å²) in [5.41, 5.74) is 8.91. The van der Waals surface area contributed by atoms with Gasteiger partial charge in [0.25, 0.3) is 0 Å². The van der Waals surface area contributed by atoms with Crippen molar-refractivity contribution in [3.05, 3.63) is 35.4 Å². The summed E-state index contributed by atoms with van der Waals surface area (Å²) in [6.45, 7) is 6.20. The minimum Gasteiger partial charge on any atom is -0.382 e. The van der Waals surface area contributed by atoms with Crippen LogP contribution in [0.1, 0.15) is 30.9 Å². The van der Waals surface area contributed by atoms with E-state index in [1.807, 2.05) is 4.90 Å². The number of hydrogen-bond acceptors (Lipinski definition) is 10. The summed E-state index contributed by atoms with van der Waals surface area (Å²) in [6.07, 6.45) is 2.67. The molecule has 35 heavy (non-hydrogen) atoms. The average Bonchev–Trinajstić information content (AvgIpc) is 3.33. The van der Waals surface area contributed by atoms with Crippen molar-refractivity contribution in [2.24, 2.45) is 0 Å². The molecule has 12 heteroatoms. The highest BCUT2D eigenvalue weighted by molar-refractivity contribution is 7.53. The van der Waals surface area contributed by atoms with Crippen molar-refractivity contribution >= 4 is 36.8 Å². The zero-order valence-electron chi connectivity index (χ0n) is 20.3. The number of carbonyl (C=O) groups excluding carboxylic acids is 1. The number of nitrogens with two attached hydrogens (primary N) is 1. The Bertz CT molecular complexity index is 1090. The van der Waals surface area contributed by atoms with E-state index in [1.54, 1.807) is 6.92 Å². The maximum absolute atomic E-state index is 12.5. The lowest BCUT2D eigenvalue weighted by atomic mass is 10.1. The summed E-state index contributed by atoms with van der Waals surface area (Å²) < 4.78 is 22.8. The van der Waals surface area contributed by atoms with Crippen molar-refractivity contribution in [3.8, 4) is 0 Å². The molecule has 2 aliphatic rings. The van der Waals surface area contributed by atoms with E-state index < -0.39 is 7.60 Å². The molecule has 0 saturated carbocycles. The number of fused-ring (bicyclic) bond motifs is 1. The van der Waals surface area contributed by atoms with Gasteiger partial charge in [0.1, 0.15) is 5.69 Å². The monoisotopic (exact) mass is 503 g/mol. The highest BCUT2D eigenvalue weighted by Gasteiger charge is 2.28. The molecule has 3 heterocycles. The number of hydrogen-bond donors (Lipinski definition) is 3. The number of nitrogens with one attached hydrogen (secondary N) is 2. The molecule has 1 fully saturated rings. The predicted molar refractivity (Wildman–Crippen MR) is 137 cm³/mol. The number of benzene rings is 1. The molecule has 1 unspecified atom stereocenters. The van der Waals surface area contributed by atoms with Crippen LogP contribution in [-0.4, -0.2) is 66.8 Å². The third-order valence-corrected chi connectivity index (χ3v) is 8.04. The minimum atomic E-state index is -3.17. The number of amides is 1. The number of aromatic nitrogens is 2. The van der Waals surface area contributed by atoms with E-state index in [2.05, 4.69) is 49.8 Å². The van der Waals surface area contributed by atoms with Crippen molar-refractivity contribution in [1.29, 1.82) is 0 Å². The number of rotatable bonds is 11. The molecular weight excluding hydrogens is 469 g/mol. The third-order valence-electron chi connectivity index (χ3n) is 6.06. The SMILES string of the molecule is CCOP(=O)(CCNc1nc(N)c2c(n1)N(Cc1cccc(CN3CCCC3)c1)CC(=O)N2)OC. The fourth-order valence-electron chi connectivity index (χ4n) is 4.41. The van der Waals surface area contributed by atoms with Crippen LogP contribution >= 0.6 is 7.60 Å². The fourth-order valence-corrected chi connectivity index (χ4v) is 5.60. The van der Waals surface area contributed by atoms with Gasteiger partial charge in [-0.05, 0) is 44.0 Å². The summed E-state index contributed by atoms with van der Waals surface area (Å²) >= 11 is 0. The van der Waals surface area contributed by atoms with Gasteiger partial charge in [0, 0.05) is 26.7 Å². The second-order valence-corrected chi connectivity index (χ2v) is 11.0. The van der Waals surface area contributed by atoms with E-state index in [4.69, 9.17) is 14.8 Å². The number of likely N-dealkylation sites (tertiary alicyclic amines) is 1. The normalized spacial score (nSPS) is 17.7. The molecular formula is C23H34N7O4P. The Morgan fingerprint density at radius 3 is 2.66 bits per heavy atom. The van der Waals surface area contributed by atoms with Gasteiger partial charge < -0.3 is 30.3 Å². The Morgan fingerprint density at radius 1 is 1.20 bits per heavy atom. The summed E-state index contributed by atoms with van der Waals surface area (Å²) in [7, 11) is -1.81. The summed E-state index contributed by atoms with van der Waals surface area (Å²) in [6, 6.07) is 8.44. The Balaban J connectivity index is 1.49. The van der Waals surface area contributed by atoms with Crippen molar-refractivity contribution < 1.29 is 18.4 Å². The first-order valence-electron chi connectivity index (χ1n) is 11.9. The Hall–Kier alpha value is -2.72. The van der Waals surface area contributed by atoms with Crippen LogP contribution in [0.2, 0.25) is 0 Å². The Kier molecular flexibility index (Phi) is 8.22. The van der Waals surface area contributed by atoms with Crippen molar-refractivity contribution in [1.82, 2.24) is 14.9 Å². The zero-order chi connectivity index (χ0) is 24.8. The van der Waals surface area contributed by atoms with E-state index in [1.165, 1.54) is 25.5 Å². The lowest BCUT2D eigenvalue weighted by Crippen LogP contribution is -2.39. The van der Waals surface area contributed by atoms with Crippen molar-refractivity contribution in [3.63, 3.8) is 0 Å². The van der Waals surface area contributed by atoms with Crippen LogP contribution < -0.4 is 21.3 Å². The molecule has 0 radical (unpaired) electrons. The predicted octanol–water partition coefficient (Wildman–Crippen LogP) is 2.90. The highest BCUT2D eigenvalue weighted by atomic mass is 31.2. The molecule has 1 aromatic heterocycles. The third kappa shape index (κ3) is 6.49. The Labute approximate surface area is 205 Å². The van der Waals surface area contributed by atoms with Gasteiger partial charge in [-0.15, -0.1) is 0 Å². The van der Waals surface area contributed by atoms with Crippen LogP contribution in [0.4, 0.5) is 23.3 Å². The van der Waals surface area contributed by atoms with Crippen LogP contribution in [0, 0.1) is 0 Å². The lowest BCUT2D eigenvalue weighted by molar-refractivity contribution is -0.115. The molecule has 11 nitrogen and oxygen atoms in total. The van der Waals surface area contributed by atoms with Crippen LogP contribution in [0.25, 0.3) is 0 Å². The van der Waals surface area contributed by atoms with Gasteiger partial charge >= 0.3 is 7.60 Å². The van der Waals surface area contributed by atoms with E-state index in [9.17, 15) is 9.36 Å². The second-order valence-electron chi connectivity index (χ2n) is 8.70. The first-order chi connectivity index (χ1) is 16.9. The Morgan fingerprint density at radius 2 is 1.94 bits per heavy atom. The minimum absolute atomic E-state index is 0.155. The van der Waals surface area contributed by atoms with Crippen LogP contribution in [0.15, 0.2) is 24.3 Å². The second kappa shape index (κ2) is 11.3. The number of nitrogen functional groups attached to an aromatic ring is 1. The van der Waals surface area contributed by atoms with Gasteiger partial charge in [-0.3, -0.25) is 14.3 Å². The first kappa shape index (κ1) is 25.4. The van der Waals surface area contributed by atoms with Crippen LogP contribution in [0.5, 0.6) is 0 Å². The highest BCUT2D eigenvalue weighted by Crippen LogP contribution is 2.46. The molecule has 1 atom stereocenters. The fraction of sp³-hybridized carbons (Fsp3) is 0.522. The summed E-state index contributed by atoms with van der Waals surface area (Å²) in [5, 5.41) is 5.84. The standard InChI is InChI=1S/C23H34N7O4P/c1-3-34-35(32,33-2)12-9-25-23-27-21(24)20-22(28-23)30(16-19(31)26-20)15-18-8-6-7-17(13-18)14-29-10-4-5-11-29/h6-8,13H,3-5,9-12,14-16H2,1-2H3,(H,26,31)(H3,24,25,27,28). The molecule has 2 aliphatic heterocycles. The van der Waals surface area contributed by atoms with Crippen molar-refractivity contribution in [2.75, 3.05) is 67.3 Å². The largest absolute Gasteiger partial charge is 0.382 e. The zero-order valence-corrected chi connectivity index (χ0v) is 21.2. The molecule has 1 amide bonds. The molecule has 4 rings (SSSR count). The summed E-state index contributed by atoms with van der Waals surface area (Å²) in [4.78, 5) is 25.6. The number of carbonyl (C=O) groups is 1. The van der Waals surface area contributed by atoms with Crippen LogP contribution in [0.3, 0.4) is 0 Å². The molecule has 0 spiro atoms. The number of nitrogens with zero attached hydrogens (tertiary/aromatic N) is 4. The molecule has 0 bridgehead atoms. The van der Waals surface area contributed by atoms with E-state index in [-0.39, 0.29) is 36.9 Å². The van der Waals surface area contributed by atoms with E-state index in [0.29, 0.717) is 24.7 Å². The average molecular weight is 504 g/mol. The summed E-state index contributed by atoms with van der Waals surface area (Å²) in [5.74, 6) is 0.825. The first-order valence-corrected chi connectivity index (χ1v) is 13.7. The molecule has 190 valence electrons. The molecule has 1 saturated heterocycles. The maximum atomic E-state index is 12.5. The quantitative estimate of drug-likeness (QED) is 0.393. The molecule has 2 aromatic rings. The molecule has 4 N–H and O–H groups in total. The van der Waals surface area contributed by atoms with Crippen molar-refractivity contribution in [2.45, 2.75) is 32.9 Å². The lowest BCUT2D eigenvalue weighted by Gasteiger charge is -2.30. The smallest absolute Gasteiger partial charge is 0.332 e. The molecule has 1 aromatic carbocycles. The molecule has 0 aliphatic carbocycles. The van der Waals surface area contributed by atoms with Gasteiger partial charge in [-0.2, -0.15) is 9.97 Å². The topological polar surface area (TPSA) is 135 Å². The van der Waals surface area contributed by atoms with Gasteiger partial charge in [0.15, 0.2) is 11.6 Å². The van der Waals surface area contributed by atoms with Gasteiger partial charge in [-0.25, -0.2) is 0 Å². The van der Waals surface area contributed by atoms with Gasteiger partial charge in [0.2, 0.25) is 11.9 Å². The number of anilines is 4. The van der Waals surface area contributed by atoms with E-state index >= 15 is 0 Å². The maximum Gasteiger partial charge on any atom is 0.332 e.